The lowest BCUT2D eigenvalue weighted by Gasteiger charge is -2.38. The quantitative estimate of drug-likeness (QED) is 0.868. The van der Waals surface area contributed by atoms with Gasteiger partial charge in [-0.2, -0.15) is 5.10 Å². The first kappa shape index (κ1) is 12.9. The number of nitrogens with zero attached hydrogens (tertiary/aromatic N) is 3. The predicted molar refractivity (Wildman–Crippen MR) is 70.3 cm³/mol. The number of halogens is 1. The lowest BCUT2D eigenvalue weighted by Crippen LogP contribution is -2.57. The molecule has 1 aromatic rings. The van der Waals surface area contributed by atoms with Crippen molar-refractivity contribution in [3.63, 3.8) is 0 Å². The molecule has 0 atom stereocenters. The number of hydrogen-bond acceptors (Lipinski definition) is 3. The first-order valence-electron chi connectivity index (χ1n) is 6.26. The van der Waals surface area contributed by atoms with Gasteiger partial charge in [0.25, 0.3) is 0 Å². The minimum atomic E-state index is 0.654. The summed E-state index contributed by atoms with van der Waals surface area (Å²) < 4.78 is 1.91. The number of rotatable bonds is 5. The van der Waals surface area contributed by atoms with Gasteiger partial charge in [-0.3, -0.25) is 9.58 Å². The van der Waals surface area contributed by atoms with Gasteiger partial charge in [0, 0.05) is 32.7 Å². The zero-order valence-corrected chi connectivity index (χ0v) is 11.6. The summed E-state index contributed by atoms with van der Waals surface area (Å²) in [5, 5.41) is 8.51. The maximum atomic E-state index is 6.30. The van der Waals surface area contributed by atoms with E-state index in [0.29, 0.717) is 6.04 Å². The number of hydrogen-bond donors (Lipinski definition) is 1. The zero-order valence-electron chi connectivity index (χ0n) is 10.8. The Balaban J connectivity index is 2.10. The highest BCUT2D eigenvalue weighted by atomic mass is 35.5. The number of aryl methyl sites for hydroxylation is 2. The van der Waals surface area contributed by atoms with Crippen LogP contribution in [0.4, 0.5) is 0 Å². The topological polar surface area (TPSA) is 33.1 Å². The van der Waals surface area contributed by atoms with Gasteiger partial charge in [-0.1, -0.05) is 18.5 Å². The van der Waals surface area contributed by atoms with Gasteiger partial charge in [-0.05, 0) is 19.9 Å². The van der Waals surface area contributed by atoms with Crippen molar-refractivity contribution in [3.8, 4) is 0 Å². The average Bonchev–Trinajstić information content (AvgIpc) is 2.43. The van der Waals surface area contributed by atoms with E-state index in [2.05, 4.69) is 22.2 Å². The molecule has 1 aliphatic rings. The molecule has 1 fully saturated rings. The van der Waals surface area contributed by atoms with Crippen LogP contribution in [0.5, 0.6) is 0 Å². The van der Waals surface area contributed by atoms with Crippen LogP contribution in [0.15, 0.2) is 0 Å². The van der Waals surface area contributed by atoms with E-state index in [1.807, 2.05) is 18.7 Å². The van der Waals surface area contributed by atoms with Gasteiger partial charge in [-0.25, -0.2) is 0 Å². The monoisotopic (exact) mass is 256 g/mol. The molecule has 2 heterocycles. The number of aromatic nitrogens is 2. The van der Waals surface area contributed by atoms with Crippen molar-refractivity contribution in [1.82, 2.24) is 20.0 Å². The Bertz CT molecular complexity index is 384. The van der Waals surface area contributed by atoms with E-state index in [4.69, 9.17) is 11.6 Å². The summed E-state index contributed by atoms with van der Waals surface area (Å²) in [4.78, 5) is 2.50. The molecular weight excluding hydrogens is 236 g/mol. The van der Waals surface area contributed by atoms with Gasteiger partial charge >= 0.3 is 0 Å². The molecular formula is C12H21ClN4. The lowest BCUT2D eigenvalue weighted by molar-refractivity contribution is 0.134. The van der Waals surface area contributed by atoms with Crippen LogP contribution in [0.1, 0.15) is 24.7 Å². The Hall–Kier alpha value is -0.580. The minimum Gasteiger partial charge on any atom is -0.314 e. The summed E-state index contributed by atoms with van der Waals surface area (Å²) in [5.74, 6) is 0. The third-order valence-corrected chi connectivity index (χ3v) is 3.89. The molecule has 0 aliphatic carbocycles. The summed E-state index contributed by atoms with van der Waals surface area (Å²) >= 11 is 6.30. The van der Waals surface area contributed by atoms with Crippen LogP contribution in [0.2, 0.25) is 5.02 Å². The van der Waals surface area contributed by atoms with Crippen molar-refractivity contribution < 1.29 is 0 Å². The van der Waals surface area contributed by atoms with Crippen molar-refractivity contribution in [2.24, 2.45) is 7.05 Å². The molecule has 17 heavy (non-hydrogen) atoms. The summed E-state index contributed by atoms with van der Waals surface area (Å²) in [6.45, 7) is 8.38. The molecule has 1 aromatic heterocycles. The second-order valence-electron chi connectivity index (χ2n) is 4.75. The van der Waals surface area contributed by atoms with Crippen molar-refractivity contribution in [2.75, 3.05) is 19.6 Å². The molecule has 0 saturated carbocycles. The summed E-state index contributed by atoms with van der Waals surface area (Å²) in [6.07, 6.45) is 1.17. The molecule has 0 unspecified atom stereocenters. The molecule has 0 amide bonds. The van der Waals surface area contributed by atoms with E-state index < -0.39 is 0 Å². The molecule has 1 aliphatic heterocycles. The highest BCUT2D eigenvalue weighted by Crippen LogP contribution is 2.22. The summed E-state index contributed by atoms with van der Waals surface area (Å²) in [6, 6.07) is 0.654. The van der Waals surface area contributed by atoms with Crippen LogP contribution < -0.4 is 5.32 Å². The van der Waals surface area contributed by atoms with Crippen molar-refractivity contribution in [3.05, 3.63) is 16.4 Å². The molecule has 5 heteroatoms. The van der Waals surface area contributed by atoms with Gasteiger partial charge < -0.3 is 5.32 Å². The third kappa shape index (κ3) is 2.64. The van der Waals surface area contributed by atoms with Crippen molar-refractivity contribution in [1.29, 1.82) is 0 Å². The fraction of sp³-hybridized carbons (Fsp3) is 0.750. The van der Waals surface area contributed by atoms with Crippen molar-refractivity contribution >= 4 is 11.6 Å². The van der Waals surface area contributed by atoms with Crippen LogP contribution in [0.3, 0.4) is 0 Å². The van der Waals surface area contributed by atoms with Crippen LogP contribution in [-0.4, -0.2) is 40.4 Å². The molecule has 1 saturated heterocycles. The van der Waals surface area contributed by atoms with Crippen LogP contribution in [-0.2, 0) is 13.6 Å². The summed E-state index contributed by atoms with van der Waals surface area (Å²) in [7, 11) is 1.97. The van der Waals surface area contributed by atoms with E-state index in [1.54, 1.807) is 0 Å². The highest BCUT2D eigenvalue weighted by molar-refractivity contribution is 6.31. The van der Waals surface area contributed by atoms with E-state index in [9.17, 15) is 0 Å². The normalized spacial score (nSPS) is 16.5. The second-order valence-corrected chi connectivity index (χ2v) is 5.13. The third-order valence-electron chi connectivity index (χ3n) is 3.40. The SMILES string of the molecule is CCCN(Cc1c(Cl)c(C)nn1C)C1CNC1. The van der Waals surface area contributed by atoms with E-state index >= 15 is 0 Å². The summed E-state index contributed by atoms with van der Waals surface area (Å²) in [5.41, 5.74) is 2.05. The lowest BCUT2D eigenvalue weighted by atomic mass is 10.1. The first-order valence-corrected chi connectivity index (χ1v) is 6.64. The molecule has 4 nitrogen and oxygen atoms in total. The van der Waals surface area contributed by atoms with E-state index in [-0.39, 0.29) is 0 Å². The smallest absolute Gasteiger partial charge is 0.0860 e. The van der Waals surface area contributed by atoms with Crippen LogP contribution in [0.25, 0.3) is 0 Å². The van der Waals surface area contributed by atoms with Gasteiger partial charge in [0.15, 0.2) is 0 Å². The molecule has 0 spiro atoms. The van der Waals surface area contributed by atoms with Gasteiger partial charge in [-0.15, -0.1) is 0 Å². The Morgan fingerprint density at radius 1 is 1.53 bits per heavy atom. The second kappa shape index (κ2) is 5.38. The maximum Gasteiger partial charge on any atom is 0.0860 e. The fourth-order valence-electron chi connectivity index (χ4n) is 2.25. The zero-order chi connectivity index (χ0) is 12.4. The molecule has 1 N–H and O–H groups in total. The Kier molecular flexibility index (Phi) is 4.07. The highest BCUT2D eigenvalue weighted by Gasteiger charge is 2.25. The standard InChI is InChI=1S/C12H21ClN4/c1-4-5-17(10-6-14-7-10)8-11-12(13)9(2)15-16(11)3/h10,14H,4-8H2,1-3H3. The van der Waals surface area contributed by atoms with E-state index in [0.717, 1.165) is 42.6 Å². The van der Waals surface area contributed by atoms with Crippen LogP contribution in [0, 0.1) is 6.92 Å². The molecule has 0 aromatic carbocycles. The van der Waals surface area contributed by atoms with Gasteiger partial charge in [0.05, 0.1) is 16.4 Å². The molecule has 0 bridgehead atoms. The predicted octanol–water partition coefficient (Wildman–Crippen LogP) is 1.57. The van der Waals surface area contributed by atoms with E-state index in [1.165, 1.54) is 6.42 Å². The van der Waals surface area contributed by atoms with Crippen LogP contribution >= 0.6 is 11.6 Å². The largest absolute Gasteiger partial charge is 0.314 e. The fourth-order valence-corrected chi connectivity index (χ4v) is 2.47. The van der Waals surface area contributed by atoms with Gasteiger partial charge in [0.2, 0.25) is 0 Å². The average molecular weight is 257 g/mol. The maximum absolute atomic E-state index is 6.30. The molecule has 0 radical (unpaired) electrons. The molecule has 2 rings (SSSR count). The minimum absolute atomic E-state index is 0.654. The first-order chi connectivity index (χ1) is 8.13. The Labute approximate surface area is 108 Å². The molecule has 96 valence electrons. The van der Waals surface area contributed by atoms with Crippen molar-refractivity contribution in [2.45, 2.75) is 32.9 Å². The Morgan fingerprint density at radius 2 is 2.24 bits per heavy atom. The Morgan fingerprint density at radius 3 is 2.65 bits per heavy atom. The van der Waals surface area contributed by atoms with Gasteiger partial charge in [0.1, 0.15) is 0 Å². The number of nitrogens with one attached hydrogen (secondary N) is 1.